The monoisotopic (exact) mass is 397 g/mol. The van der Waals surface area contributed by atoms with Crippen LogP contribution in [0.1, 0.15) is 65.8 Å². The molecule has 1 saturated heterocycles. The highest BCUT2D eigenvalue weighted by molar-refractivity contribution is 6.02. The first-order valence-electron chi connectivity index (χ1n) is 9.36. The van der Waals surface area contributed by atoms with Gasteiger partial charge in [0.2, 0.25) is 5.91 Å². The number of aromatic nitrogens is 2. The summed E-state index contributed by atoms with van der Waals surface area (Å²) in [5.74, 6) is -1.23. The van der Waals surface area contributed by atoms with E-state index < -0.39 is 40.7 Å². The highest BCUT2D eigenvalue weighted by Gasteiger charge is 2.81. The van der Waals surface area contributed by atoms with Crippen molar-refractivity contribution in [3.05, 3.63) is 22.8 Å². The van der Waals surface area contributed by atoms with E-state index in [1.54, 1.807) is 13.8 Å². The van der Waals surface area contributed by atoms with Gasteiger partial charge in [-0.25, -0.2) is 4.98 Å². The summed E-state index contributed by atoms with van der Waals surface area (Å²) in [7, 11) is 0. The molecule has 28 heavy (non-hydrogen) atoms. The lowest BCUT2D eigenvalue weighted by Crippen LogP contribution is -2.71. The largest absolute Gasteiger partial charge is 0.394 e. The molecule has 0 radical (unpaired) electrons. The molecule has 2 N–H and O–H groups in total. The zero-order chi connectivity index (χ0) is 20.5. The molecule has 9 heteroatoms. The summed E-state index contributed by atoms with van der Waals surface area (Å²) in [5.41, 5.74) is 4.25. The van der Waals surface area contributed by atoms with E-state index in [9.17, 15) is 22.8 Å². The molecule has 3 aliphatic carbocycles. The van der Waals surface area contributed by atoms with E-state index >= 15 is 0 Å². The average Bonchev–Trinajstić information content (AvgIpc) is 2.53. The third-order valence-electron chi connectivity index (χ3n) is 6.65. The highest BCUT2D eigenvalue weighted by Crippen LogP contribution is 2.79. The lowest BCUT2D eigenvalue weighted by molar-refractivity contribution is -0.346. The molecule has 4 fully saturated rings. The standard InChI is InChI=1S/C19H22F3N3O3/c1-9-10(2)25-14(13(24-9)12-5-11(16(23)27)3-4-28-12)15(26)17-6-18(7-17,8-17)19(20,21)22/h11-12H,3-8H2,1-2H3,(H2,23,27). The number of hydrogen-bond acceptors (Lipinski definition) is 5. The van der Waals surface area contributed by atoms with Gasteiger partial charge in [0, 0.05) is 17.9 Å². The number of Topliss-reactive ketones (excluding diaryl/α,β-unsaturated/α-hetero) is 1. The summed E-state index contributed by atoms with van der Waals surface area (Å²) in [5, 5.41) is 0. The fourth-order valence-corrected chi connectivity index (χ4v) is 4.84. The van der Waals surface area contributed by atoms with Gasteiger partial charge < -0.3 is 10.5 Å². The predicted octanol–water partition coefficient (Wildman–Crippen LogP) is 2.96. The number of amides is 1. The Labute approximate surface area is 160 Å². The van der Waals surface area contributed by atoms with Gasteiger partial charge in [-0.2, -0.15) is 13.2 Å². The Kier molecular flexibility index (Phi) is 4.12. The molecule has 152 valence electrons. The van der Waals surface area contributed by atoms with Crippen LogP contribution in [0.3, 0.4) is 0 Å². The zero-order valence-electron chi connectivity index (χ0n) is 15.7. The van der Waals surface area contributed by atoms with Crippen LogP contribution < -0.4 is 5.73 Å². The van der Waals surface area contributed by atoms with Crippen LogP contribution >= 0.6 is 0 Å². The van der Waals surface area contributed by atoms with E-state index in [0.29, 0.717) is 30.1 Å². The second-order valence-electron chi connectivity index (χ2n) is 8.53. The summed E-state index contributed by atoms with van der Waals surface area (Å²) in [4.78, 5) is 33.6. The summed E-state index contributed by atoms with van der Waals surface area (Å²) < 4.78 is 45.2. The molecule has 1 amide bonds. The molecule has 3 saturated carbocycles. The van der Waals surface area contributed by atoms with E-state index in [-0.39, 0.29) is 31.4 Å². The number of nitrogens with two attached hydrogens (primary N) is 1. The maximum absolute atomic E-state index is 13.2. The Balaban J connectivity index is 1.64. The Morgan fingerprint density at radius 3 is 2.32 bits per heavy atom. The molecule has 2 bridgehead atoms. The van der Waals surface area contributed by atoms with Crippen molar-refractivity contribution in [1.29, 1.82) is 0 Å². The van der Waals surface area contributed by atoms with Crippen molar-refractivity contribution in [3.8, 4) is 0 Å². The first kappa shape index (κ1) is 19.3. The number of ketones is 1. The third kappa shape index (κ3) is 2.66. The molecule has 4 aliphatic rings. The number of halogens is 3. The maximum Gasteiger partial charge on any atom is 0.394 e. The Hall–Kier alpha value is -2.03. The topological polar surface area (TPSA) is 95.2 Å². The van der Waals surface area contributed by atoms with Gasteiger partial charge in [0.15, 0.2) is 5.78 Å². The number of hydrogen-bond donors (Lipinski definition) is 1. The maximum atomic E-state index is 13.2. The highest BCUT2D eigenvalue weighted by atomic mass is 19.4. The number of aryl methyl sites for hydroxylation is 2. The fraction of sp³-hybridized carbons (Fsp3) is 0.684. The smallest absolute Gasteiger partial charge is 0.372 e. The zero-order valence-corrected chi connectivity index (χ0v) is 15.7. The van der Waals surface area contributed by atoms with Gasteiger partial charge in [-0.3, -0.25) is 14.6 Å². The number of rotatable bonds is 4. The van der Waals surface area contributed by atoms with E-state index in [0.717, 1.165) is 0 Å². The van der Waals surface area contributed by atoms with Crippen molar-refractivity contribution >= 4 is 11.7 Å². The summed E-state index contributed by atoms with van der Waals surface area (Å²) in [6, 6.07) is 0. The van der Waals surface area contributed by atoms with Crippen LogP contribution in [-0.4, -0.2) is 34.4 Å². The molecule has 2 unspecified atom stereocenters. The first-order valence-corrected chi connectivity index (χ1v) is 9.36. The molecule has 1 aromatic heterocycles. The number of carbonyl (C=O) groups excluding carboxylic acids is 2. The summed E-state index contributed by atoms with van der Waals surface area (Å²) in [6.45, 7) is 3.74. The van der Waals surface area contributed by atoms with Crippen LogP contribution in [0, 0.1) is 30.6 Å². The van der Waals surface area contributed by atoms with Crippen LogP contribution in [0.15, 0.2) is 0 Å². The van der Waals surface area contributed by atoms with Crippen LogP contribution in [0.5, 0.6) is 0 Å². The van der Waals surface area contributed by atoms with Crippen LogP contribution in [0.2, 0.25) is 0 Å². The van der Waals surface area contributed by atoms with Gasteiger partial charge >= 0.3 is 6.18 Å². The Morgan fingerprint density at radius 2 is 1.75 bits per heavy atom. The minimum Gasteiger partial charge on any atom is -0.372 e. The van der Waals surface area contributed by atoms with Crippen molar-refractivity contribution in [2.24, 2.45) is 22.5 Å². The van der Waals surface area contributed by atoms with Crippen molar-refractivity contribution in [1.82, 2.24) is 9.97 Å². The SMILES string of the molecule is Cc1nc(C(=O)C23CC(C(F)(F)F)(C2)C3)c(C2CC(C(N)=O)CCO2)nc1C. The number of carbonyl (C=O) groups is 2. The second-order valence-corrected chi connectivity index (χ2v) is 8.53. The van der Waals surface area contributed by atoms with Crippen molar-refractivity contribution < 1.29 is 27.5 Å². The molecule has 6 nitrogen and oxygen atoms in total. The molecule has 0 spiro atoms. The van der Waals surface area contributed by atoms with Crippen molar-refractivity contribution in [2.75, 3.05) is 6.61 Å². The van der Waals surface area contributed by atoms with Gasteiger partial charge in [0.1, 0.15) is 11.8 Å². The van der Waals surface area contributed by atoms with Gasteiger partial charge in [-0.05, 0) is 46.0 Å². The number of ether oxygens (including phenoxy) is 1. The van der Waals surface area contributed by atoms with E-state index in [4.69, 9.17) is 10.5 Å². The van der Waals surface area contributed by atoms with Gasteiger partial charge in [0.05, 0.1) is 22.5 Å². The molecule has 1 aliphatic heterocycles. The molecular formula is C19H22F3N3O3. The number of nitrogens with zero attached hydrogens (tertiary/aromatic N) is 2. The van der Waals surface area contributed by atoms with E-state index in [2.05, 4.69) is 9.97 Å². The number of alkyl halides is 3. The van der Waals surface area contributed by atoms with Crippen LogP contribution in [-0.2, 0) is 9.53 Å². The molecule has 5 rings (SSSR count). The van der Waals surface area contributed by atoms with Crippen LogP contribution in [0.25, 0.3) is 0 Å². The molecule has 0 aromatic carbocycles. The van der Waals surface area contributed by atoms with Gasteiger partial charge in [0.25, 0.3) is 0 Å². The minimum atomic E-state index is -4.28. The Bertz CT molecular complexity index is 848. The fourth-order valence-electron chi connectivity index (χ4n) is 4.84. The predicted molar refractivity (Wildman–Crippen MR) is 91.2 cm³/mol. The normalized spacial score (nSPS) is 34.3. The van der Waals surface area contributed by atoms with Crippen molar-refractivity contribution in [2.45, 2.75) is 58.2 Å². The lowest BCUT2D eigenvalue weighted by Gasteiger charge is -2.69. The van der Waals surface area contributed by atoms with E-state index in [1.807, 2.05) is 0 Å². The number of primary amides is 1. The van der Waals surface area contributed by atoms with Gasteiger partial charge in [-0.1, -0.05) is 0 Å². The van der Waals surface area contributed by atoms with Crippen LogP contribution in [0.4, 0.5) is 13.2 Å². The van der Waals surface area contributed by atoms with E-state index in [1.165, 1.54) is 0 Å². The molecule has 2 atom stereocenters. The third-order valence-corrected chi connectivity index (χ3v) is 6.65. The summed E-state index contributed by atoms with van der Waals surface area (Å²) >= 11 is 0. The van der Waals surface area contributed by atoms with Crippen molar-refractivity contribution in [3.63, 3.8) is 0 Å². The molecule has 1 aromatic rings. The average molecular weight is 397 g/mol. The molecular weight excluding hydrogens is 375 g/mol. The first-order chi connectivity index (χ1) is 13.0. The minimum absolute atomic E-state index is 0.0775. The lowest BCUT2D eigenvalue weighted by atomic mass is 9.33. The second kappa shape index (κ2) is 5.98. The molecule has 2 heterocycles. The Morgan fingerprint density at radius 1 is 1.14 bits per heavy atom. The van der Waals surface area contributed by atoms with Gasteiger partial charge in [-0.15, -0.1) is 0 Å². The quantitative estimate of drug-likeness (QED) is 0.788. The summed E-state index contributed by atoms with van der Waals surface area (Å²) in [6.07, 6.45) is -4.70.